The molecule has 2 atom stereocenters. The number of rotatable bonds is 6. The van der Waals surface area contributed by atoms with Crippen LogP contribution in [-0.4, -0.2) is 65.6 Å². The monoisotopic (exact) mass is 717 g/mol. The lowest BCUT2D eigenvalue weighted by Gasteiger charge is -2.38. The van der Waals surface area contributed by atoms with Crippen LogP contribution in [-0.2, 0) is 0 Å². The van der Waals surface area contributed by atoms with E-state index >= 15 is 0 Å². The van der Waals surface area contributed by atoms with Crippen LogP contribution in [0.4, 0.5) is 5.69 Å². The van der Waals surface area contributed by atoms with E-state index in [4.69, 9.17) is 24.9 Å². The summed E-state index contributed by atoms with van der Waals surface area (Å²) in [6.07, 6.45) is 8.16. The predicted octanol–water partition coefficient (Wildman–Crippen LogP) is 8.88. The third-order valence-electron chi connectivity index (χ3n) is 10.9. The molecule has 2 aliphatic heterocycles. The number of benzene rings is 4. The number of nitrogens with zero attached hydrogens (tertiary/aromatic N) is 9. The minimum Gasteiger partial charge on any atom is -0.307 e. The van der Waals surface area contributed by atoms with Crippen molar-refractivity contribution in [3.63, 3.8) is 0 Å². The Bertz CT molecular complexity index is 2700. The molecule has 0 fully saturated rings. The van der Waals surface area contributed by atoms with Gasteiger partial charge in [-0.15, -0.1) is 0 Å². The molecule has 55 heavy (non-hydrogen) atoms. The average Bonchev–Trinajstić information content (AvgIpc) is 3.91. The van der Waals surface area contributed by atoms with Gasteiger partial charge in [-0.05, 0) is 105 Å². The van der Waals surface area contributed by atoms with Crippen molar-refractivity contribution in [1.29, 1.82) is 0 Å². The number of para-hydroxylation sites is 3. The fourth-order valence-corrected chi connectivity index (χ4v) is 8.24. The fourth-order valence-electron chi connectivity index (χ4n) is 8.24. The van der Waals surface area contributed by atoms with Crippen molar-refractivity contribution in [3.8, 4) is 34.2 Å². The van der Waals surface area contributed by atoms with Gasteiger partial charge >= 0.3 is 0 Å². The van der Waals surface area contributed by atoms with Gasteiger partial charge in [0.15, 0.2) is 11.3 Å². The van der Waals surface area contributed by atoms with Gasteiger partial charge in [-0.3, -0.25) is 19.0 Å². The summed E-state index contributed by atoms with van der Waals surface area (Å²) in [5, 5.41) is 0. The molecule has 0 amide bonds. The van der Waals surface area contributed by atoms with E-state index in [9.17, 15) is 0 Å². The number of aliphatic imine (C=N–C) groups is 1. The fraction of sp³-hybridized carbons (Fsp3) is 0.152. The smallest absolute Gasteiger partial charge is 0.164 e. The Kier molecular flexibility index (Phi) is 7.78. The van der Waals surface area contributed by atoms with Gasteiger partial charge in [0.05, 0.1) is 11.4 Å². The largest absolute Gasteiger partial charge is 0.307 e. The zero-order valence-corrected chi connectivity index (χ0v) is 31.2. The lowest BCUT2D eigenvalue weighted by molar-refractivity contribution is 0.254. The summed E-state index contributed by atoms with van der Waals surface area (Å²) in [4.78, 5) is 30.7. The number of pyridine rings is 2. The van der Waals surface area contributed by atoms with E-state index in [1.165, 1.54) is 5.56 Å². The first-order valence-corrected chi connectivity index (χ1v) is 18.7. The van der Waals surface area contributed by atoms with Crippen molar-refractivity contribution in [2.45, 2.75) is 33.0 Å². The Morgan fingerprint density at radius 1 is 0.564 bits per heavy atom. The van der Waals surface area contributed by atoms with Gasteiger partial charge in [0, 0.05) is 41.3 Å². The van der Waals surface area contributed by atoms with Crippen LogP contribution in [0, 0.1) is 20.8 Å². The van der Waals surface area contributed by atoms with E-state index in [2.05, 4.69) is 150 Å². The standard InChI is InChI=1S/C46H39N9/c1-29-14-5-8-20-38(29)53-41(49-35-17-11-23-47-44(35)53)32-26-33(42-50-36-18-12-24-48-45(36)54(42)39-21-9-6-15-30(39)2)28-34(27-32)43-51-37-19-13-25-52(4)46(37)55(43)40-22-10-7-16-31(40)3/h5-24,26-28,37,46H,25H2,1-4H3. The molecular weight excluding hydrogens is 679 g/mol. The molecule has 0 N–H and O–H groups in total. The number of aryl methyl sites for hydroxylation is 3. The zero-order chi connectivity index (χ0) is 37.2. The van der Waals surface area contributed by atoms with Crippen LogP contribution in [0.25, 0.3) is 56.5 Å². The van der Waals surface area contributed by atoms with Crippen LogP contribution < -0.4 is 4.90 Å². The molecule has 6 heterocycles. The Balaban J connectivity index is 1.29. The number of hydrogen-bond acceptors (Lipinski definition) is 7. The van der Waals surface area contributed by atoms with E-state index < -0.39 is 0 Å². The summed E-state index contributed by atoms with van der Waals surface area (Å²) in [5.41, 5.74) is 12.7. The molecule has 0 aliphatic carbocycles. The number of likely N-dealkylation sites (N-methyl/N-ethyl adjacent to an activating group) is 1. The van der Waals surface area contributed by atoms with Crippen LogP contribution in [0.5, 0.6) is 0 Å². The van der Waals surface area contributed by atoms with Gasteiger partial charge in [-0.2, -0.15) is 0 Å². The van der Waals surface area contributed by atoms with Gasteiger partial charge in [-0.1, -0.05) is 66.7 Å². The van der Waals surface area contributed by atoms with Crippen molar-refractivity contribution < 1.29 is 0 Å². The summed E-state index contributed by atoms with van der Waals surface area (Å²) in [7, 11) is 2.18. The molecular formula is C46H39N9. The lowest BCUT2D eigenvalue weighted by atomic mass is 10.0. The van der Waals surface area contributed by atoms with Gasteiger partial charge in [-0.25, -0.2) is 19.9 Å². The second kappa shape index (κ2) is 13.0. The highest BCUT2D eigenvalue weighted by atomic mass is 15.4. The van der Waals surface area contributed by atoms with E-state index in [1.807, 2.05) is 36.7 Å². The maximum Gasteiger partial charge on any atom is 0.164 e. The average molecular weight is 718 g/mol. The van der Waals surface area contributed by atoms with E-state index in [1.54, 1.807) is 0 Å². The molecule has 9 nitrogen and oxygen atoms in total. The quantitative estimate of drug-likeness (QED) is 0.160. The van der Waals surface area contributed by atoms with Crippen LogP contribution in [0.15, 0.2) is 145 Å². The predicted molar refractivity (Wildman–Crippen MR) is 221 cm³/mol. The molecule has 8 aromatic rings. The molecule has 0 saturated heterocycles. The van der Waals surface area contributed by atoms with Gasteiger partial charge < -0.3 is 4.90 Å². The molecule has 0 spiro atoms. The highest BCUT2D eigenvalue weighted by molar-refractivity contribution is 6.13. The molecule has 10 rings (SSSR count). The van der Waals surface area contributed by atoms with Crippen LogP contribution in [0.1, 0.15) is 22.3 Å². The summed E-state index contributed by atoms with van der Waals surface area (Å²) in [5.74, 6) is 2.48. The van der Waals surface area contributed by atoms with Gasteiger partial charge in [0.2, 0.25) is 0 Å². The lowest BCUT2D eigenvalue weighted by Crippen LogP contribution is -2.52. The molecule has 9 heteroatoms. The molecule has 268 valence electrons. The number of amidine groups is 1. The van der Waals surface area contributed by atoms with Crippen LogP contribution in [0.3, 0.4) is 0 Å². The number of aromatic nitrogens is 6. The highest BCUT2D eigenvalue weighted by Gasteiger charge is 2.41. The van der Waals surface area contributed by atoms with Crippen LogP contribution in [0.2, 0.25) is 0 Å². The minimum absolute atomic E-state index is 0.0229. The first-order chi connectivity index (χ1) is 26.9. The van der Waals surface area contributed by atoms with Crippen molar-refractivity contribution in [2.24, 2.45) is 4.99 Å². The maximum atomic E-state index is 5.51. The molecule has 0 bridgehead atoms. The van der Waals surface area contributed by atoms with E-state index in [0.717, 1.165) is 91.2 Å². The Morgan fingerprint density at radius 2 is 1.05 bits per heavy atom. The second-order valence-corrected chi connectivity index (χ2v) is 14.5. The summed E-state index contributed by atoms with van der Waals surface area (Å²) in [6, 6.07) is 40.0. The second-order valence-electron chi connectivity index (χ2n) is 14.5. The maximum absolute atomic E-state index is 5.51. The summed E-state index contributed by atoms with van der Waals surface area (Å²) in [6.45, 7) is 7.28. The van der Waals surface area contributed by atoms with E-state index in [-0.39, 0.29) is 12.2 Å². The van der Waals surface area contributed by atoms with Gasteiger partial charge in [0.1, 0.15) is 40.7 Å². The van der Waals surface area contributed by atoms with Crippen molar-refractivity contribution in [2.75, 3.05) is 18.5 Å². The molecule has 0 radical (unpaired) electrons. The number of fused-ring (bicyclic) bond motifs is 3. The Morgan fingerprint density at radius 3 is 1.58 bits per heavy atom. The Hall–Kier alpha value is -6.71. The molecule has 2 unspecified atom stereocenters. The van der Waals surface area contributed by atoms with Crippen LogP contribution >= 0.6 is 0 Å². The third-order valence-corrected chi connectivity index (χ3v) is 10.9. The third kappa shape index (κ3) is 5.38. The van der Waals surface area contributed by atoms with Crippen molar-refractivity contribution >= 4 is 33.9 Å². The topological polar surface area (TPSA) is 80.3 Å². The normalized spacial score (nSPS) is 16.9. The number of hydrogen-bond donors (Lipinski definition) is 0. The van der Waals surface area contributed by atoms with Crippen molar-refractivity contribution in [3.05, 3.63) is 162 Å². The first kappa shape index (κ1) is 32.9. The van der Waals surface area contributed by atoms with Crippen molar-refractivity contribution in [1.82, 2.24) is 34.0 Å². The molecule has 2 aliphatic rings. The molecule has 0 saturated carbocycles. The Labute approximate surface area is 319 Å². The molecule has 4 aromatic carbocycles. The number of anilines is 1. The highest BCUT2D eigenvalue weighted by Crippen LogP contribution is 2.39. The summed E-state index contributed by atoms with van der Waals surface area (Å²) >= 11 is 0. The first-order valence-electron chi connectivity index (χ1n) is 18.7. The summed E-state index contributed by atoms with van der Waals surface area (Å²) < 4.78 is 4.37. The molecule has 4 aromatic heterocycles. The minimum atomic E-state index is -0.0399. The SMILES string of the molecule is Cc1ccccc1N1C(c2cc(-c3nc4cccnc4n3-c3ccccc3C)cc(-c3nc4cccnc4n3-c3ccccc3C)c2)=NC2C=CCN(C)C21. The number of imidazole rings is 2. The van der Waals surface area contributed by atoms with E-state index in [0.29, 0.717) is 0 Å². The zero-order valence-electron chi connectivity index (χ0n) is 31.2. The van der Waals surface area contributed by atoms with Gasteiger partial charge in [0.25, 0.3) is 0 Å².